The number of rotatable bonds is 21. The van der Waals surface area contributed by atoms with E-state index in [2.05, 4.69) is 15.6 Å². The predicted octanol–water partition coefficient (Wildman–Crippen LogP) is 4.16. The number of likely N-dealkylation sites (N-methyl/N-ethyl adjacent to an activating group) is 3. The molecule has 2 aromatic carbocycles. The van der Waals surface area contributed by atoms with Crippen LogP contribution in [0.5, 0.6) is 0 Å². The second-order valence-corrected chi connectivity index (χ2v) is 17.1. The number of hydrogen-bond acceptors (Lipinski definition) is 8. The van der Waals surface area contributed by atoms with Crippen LogP contribution in [-0.2, 0) is 35.2 Å². The fraction of sp³-hybridized carbons (Fsp3) is 0.543. The molecule has 1 saturated heterocycles. The van der Waals surface area contributed by atoms with Crippen LogP contribution in [0.2, 0.25) is 0 Å². The summed E-state index contributed by atoms with van der Waals surface area (Å²) in [4.78, 5) is 105. The Hall–Kier alpha value is -5.91. The molecule has 0 saturated carbocycles. The zero-order valence-electron chi connectivity index (χ0n) is 38.1. The Balaban J connectivity index is 1.55. The molecule has 1 aliphatic rings. The number of hydrogen-bond donors (Lipinski definition) is 5. The summed E-state index contributed by atoms with van der Waals surface area (Å²) < 4.78 is 27.4. The molecule has 350 valence electrons. The SMILES string of the molecule is CCCC(=O)N(C)C(Cc1c[nH]c2ccccc12)C(=O)N(C)[C@@H](CC(C)C)C(=O)N1CCC[C@H]1C(=O)N(C)[C@H](C(=O)N[C@@H](CCNC(=O)c1cc(F)cc(F)c1)C(=O)NO)C(C)CC. The van der Waals surface area contributed by atoms with Gasteiger partial charge in [-0.3, -0.25) is 38.8 Å². The van der Waals surface area contributed by atoms with Gasteiger partial charge in [-0.1, -0.05) is 59.2 Å². The molecule has 2 heterocycles. The maximum atomic E-state index is 14.8. The van der Waals surface area contributed by atoms with E-state index in [1.54, 1.807) is 21.0 Å². The van der Waals surface area contributed by atoms with Gasteiger partial charge in [-0.2, -0.15) is 0 Å². The van der Waals surface area contributed by atoms with Crippen molar-refractivity contribution in [3.8, 4) is 0 Å². The first-order chi connectivity index (χ1) is 30.3. The molecule has 7 amide bonds. The second kappa shape index (κ2) is 23.1. The molecule has 64 heavy (non-hydrogen) atoms. The van der Waals surface area contributed by atoms with Crippen LogP contribution in [0.4, 0.5) is 8.78 Å². The van der Waals surface area contributed by atoms with Crippen LogP contribution in [0.15, 0.2) is 48.7 Å². The minimum atomic E-state index is -1.40. The summed E-state index contributed by atoms with van der Waals surface area (Å²) in [7, 11) is 4.60. The van der Waals surface area contributed by atoms with E-state index >= 15 is 0 Å². The number of aromatic nitrogens is 1. The van der Waals surface area contributed by atoms with Gasteiger partial charge in [0.25, 0.3) is 11.8 Å². The van der Waals surface area contributed by atoms with Crippen LogP contribution in [0.3, 0.4) is 0 Å². The molecular formula is C46H64F2N8O8. The topological polar surface area (TPSA) is 205 Å². The number of H-pyrrole nitrogens is 1. The smallest absolute Gasteiger partial charge is 0.265 e. The number of para-hydroxylation sites is 1. The summed E-state index contributed by atoms with van der Waals surface area (Å²) >= 11 is 0. The van der Waals surface area contributed by atoms with Crippen LogP contribution < -0.4 is 16.1 Å². The molecule has 1 aromatic heterocycles. The quantitative estimate of drug-likeness (QED) is 0.0775. The van der Waals surface area contributed by atoms with Crippen molar-refractivity contribution in [3.05, 3.63) is 71.4 Å². The van der Waals surface area contributed by atoms with E-state index in [1.165, 1.54) is 32.1 Å². The molecule has 0 radical (unpaired) electrons. The van der Waals surface area contributed by atoms with E-state index in [9.17, 15) is 47.5 Å². The molecule has 0 aliphatic carbocycles. The Morgan fingerprint density at radius 2 is 1.58 bits per heavy atom. The predicted molar refractivity (Wildman–Crippen MR) is 235 cm³/mol. The lowest BCUT2D eigenvalue weighted by Gasteiger charge is -2.39. The monoisotopic (exact) mass is 894 g/mol. The van der Waals surface area contributed by atoms with E-state index in [4.69, 9.17) is 0 Å². The molecule has 4 rings (SSSR count). The number of likely N-dealkylation sites (tertiary alicyclic amines) is 1. The third kappa shape index (κ3) is 12.4. The van der Waals surface area contributed by atoms with Gasteiger partial charge in [0.05, 0.1) is 0 Å². The van der Waals surface area contributed by atoms with Crippen molar-refractivity contribution in [2.24, 2.45) is 11.8 Å². The van der Waals surface area contributed by atoms with Gasteiger partial charge in [0.2, 0.25) is 29.5 Å². The van der Waals surface area contributed by atoms with Crippen LogP contribution in [-0.4, -0.2) is 136 Å². The molecule has 5 N–H and O–H groups in total. The molecule has 1 aliphatic heterocycles. The summed E-state index contributed by atoms with van der Waals surface area (Å²) in [6.45, 7) is 9.28. The van der Waals surface area contributed by atoms with E-state index < -0.39 is 83.2 Å². The Bertz CT molecular complexity index is 2130. The first-order valence-corrected chi connectivity index (χ1v) is 22.0. The van der Waals surface area contributed by atoms with Crippen LogP contribution in [0, 0.1) is 23.5 Å². The lowest BCUT2D eigenvalue weighted by Crippen LogP contribution is -2.60. The van der Waals surface area contributed by atoms with E-state index in [-0.39, 0.29) is 62.6 Å². The molecule has 1 fully saturated rings. The van der Waals surface area contributed by atoms with Gasteiger partial charge in [0, 0.05) is 75.8 Å². The third-order valence-electron chi connectivity index (χ3n) is 12.1. The van der Waals surface area contributed by atoms with Gasteiger partial charge in [-0.25, -0.2) is 14.3 Å². The summed E-state index contributed by atoms with van der Waals surface area (Å²) in [5.74, 6) is -6.60. The maximum absolute atomic E-state index is 14.8. The summed E-state index contributed by atoms with van der Waals surface area (Å²) in [6.07, 6.45) is 4.07. The number of halogens is 2. The first-order valence-electron chi connectivity index (χ1n) is 22.0. The number of hydroxylamine groups is 1. The number of amides is 7. The lowest BCUT2D eigenvalue weighted by atomic mass is 9.95. The Labute approximate surface area is 373 Å². The van der Waals surface area contributed by atoms with Gasteiger partial charge < -0.3 is 35.2 Å². The van der Waals surface area contributed by atoms with Crippen molar-refractivity contribution in [1.82, 2.24) is 40.7 Å². The zero-order chi connectivity index (χ0) is 47.4. The minimum absolute atomic E-state index is 0.0460. The van der Waals surface area contributed by atoms with Crippen molar-refractivity contribution in [2.45, 2.75) is 116 Å². The lowest BCUT2D eigenvalue weighted by molar-refractivity contribution is -0.154. The summed E-state index contributed by atoms with van der Waals surface area (Å²) in [5.41, 5.74) is 2.92. The number of aromatic amines is 1. The first kappa shape index (κ1) is 50.7. The Kier molecular flexibility index (Phi) is 18.3. The van der Waals surface area contributed by atoms with Crippen molar-refractivity contribution in [1.29, 1.82) is 0 Å². The number of benzene rings is 2. The number of carbonyl (C=O) groups excluding carboxylic acids is 7. The molecule has 0 bridgehead atoms. The van der Waals surface area contributed by atoms with Crippen molar-refractivity contribution in [2.75, 3.05) is 34.2 Å². The zero-order valence-corrected chi connectivity index (χ0v) is 38.1. The van der Waals surface area contributed by atoms with Gasteiger partial charge in [-0.15, -0.1) is 0 Å². The molecule has 3 aromatic rings. The Morgan fingerprint density at radius 1 is 0.906 bits per heavy atom. The largest absolute Gasteiger partial charge is 0.361 e. The minimum Gasteiger partial charge on any atom is -0.361 e. The fourth-order valence-corrected chi connectivity index (χ4v) is 8.33. The van der Waals surface area contributed by atoms with Crippen LogP contribution in [0.1, 0.15) is 95.5 Å². The van der Waals surface area contributed by atoms with Crippen molar-refractivity contribution in [3.63, 3.8) is 0 Å². The maximum Gasteiger partial charge on any atom is 0.265 e. The summed E-state index contributed by atoms with van der Waals surface area (Å²) in [5, 5.41) is 15.4. The Morgan fingerprint density at radius 3 is 2.20 bits per heavy atom. The number of fused-ring (bicyclic) bond motifs is 1. The molecule has 18 heteroatoms. The molecular weight excluding hydrogens is 831 g/mol. The number of nitrogens with one attached hydrogen (secondary N) is 4. The third-order valence-corrected chi connectivity index (χ3v) is 12.1. The van der Waals surface area contributed by atoms with Crippen molar-refractivity contribution >= 4 is 52.3 Å². The molecule has 16 nitrogen and oxygen atoms in total. The molecule has 2 unspecified atom stereocenters. The van der Waals surface area contributed by atoms with E-state index in [0.29, 0.717) is 25.3 Å². The molecule has 6 atom stereocenters. The van der Waals surface area contributed by atoms with Crippen LogP contribution >= 0.6 is 0 Å². The van der Waals surface area contributed by atoms with Gasteiger partial charge in [0.15, 0.2) is 0 Å². The number of carbonyl (C=O) groups is 7. The van der Waals surface area contributed by atoms with Gasteiger partial charge >= 0.3 is 0 Å². The normalized spacial score (nSPS) is 16.1. The average Bonchev–Trinajstić information content (AvgIpc) is 3.93. The van der Waals surface area contributed by atoms with E-state index in [1.807, 2.05) is 58.2 Å². The second-order valence-electron chi connectivity index (χ2n) is 17.1. The average molecular weight is 895 g/mol. The van der Waals surface area contributed by atoms with Gasteiger partial charge in [-0.05, 0) is 67.7 Å². The summed E-state index contributed by atoms with van der Waals surface area (Å²) in [6, 6.07) is 4.50. The van der Waals surface area contributed by atoms with E-state index in [0.717, 1.165) is 28.6 Å². The standard InChI is InChI=1S/C46H64F2N8O8/c1-9-14-39(57)53(6)38(24-30-26-50-34-16-12-11-15-33(30)34)45(62)54(7)37(21-27(3)4)46(63)56-20-13-17-36(56)44(61)55(8)40(28(5)10-2)43(60)51-35(42(59)52-64)18-19-49-41(58)29-22-31(47)25-32(48)23-29/h11-12,15-16,22-23,25-28,35-38,40,50,64H,9-10,13-14,17-21,24H2,1-8H3,(H,49,58)(H,51,60)(H,52,59)/t28?,35-,36-,37-,38?,40-/m0/s1. The highest BCUT2D eigenvalue weighted by Gasteiger charge is 2.44. The fourth-order valence-electron chi connectivity index (χ4n) is 8.33. The van der Waals surface area contributed by atoms with Gasteiger partial charge in [0.1, 0.15) is 41.8 Å². The highest BCUT2D eigenvalue weighted by atomic mass is 19.1. The van der Waals surface area contributed by atoms with Crippen molar-refractivity contribution < 1.29 is 47.5 Å². The highest BCUT2D eigenvalue weighted by molar-refractivity contribution is 5.97. The van der Waals surface area contributed by atoms with Crippen LogP contribution in [0.25, 0.3) is 10.9 Å². The highest BCUT2D eigenvalue weighted by Crippen LogP contribution is 2.28. The molecule has 0 spiro atoms. The number of nitrogens with zero attached hydrogens (tertiary/aromatic N) is 4.